The molecule has 0 radical (unpaired) electrons. The minimum absolute atomic E-state index is 0.0911. The van der Waals surface area contributed by atoms with E-state index >= 15 is 0 Å². The number of hydrogen-bond donors (Lipinski definition) is 3. The lowest BCUT2D eigenvalue weighted by Gasteiger charge is -2.17. The van der Waals surface area contributed by atoms with Crippen LogP contribution in [0.25, 0.3) is 0 Å². The van der Waals surface area contributed by atoms with E-state index in [0.717, 1.165) is 24.2 Å². The van der Waals surface area contributed by atoms with Crippen LogP contribution in [0.4, 0.5) is 5.69 Å². The highest BCUT2D eigenvalue weighted by Gasteiger charge is 2.19. The van der Waals surface area contributed by atoms with Gasteiger partial charge >= 0.3 is 0 Å². The summed E-state index contributed by atoms with van der Waals surface area (Å²) < 4.78 is 0. The molecule has 1 aromatic rings. The second-order valence-electron chi connectivity index (χ2n) is 4.38. The van der Waals surface area contributed by atoms with Gasteiger partial charge in [0.15, 0.2) is 0 Å². The second kappa shape index (κ2) is 5.29. The largest absolute Gasteiger partial charge is 0.326 e. The molecule has 4 nitrogen and oxygen atoms in total. The van der Waals surface area contributed by atoms with Crippen molar-refractivity contribution >= 4 is 11.6 Å². The predicted octanol–water partition coefficient (Wildman–Crippen LogP) is 1.05. The lowest BCUT2D eigenvalue weighted by atomic mass is 10.00. The molecule has 1 aromatic carbocycles. The second-order valence-corrected chi connectivity index (χ2v) is 4.38. The van der Waals surface area contributed by atoms with Crippen LogP contribution >= 0.6 is 0 Å². The Labute approximate surface area is 102 Å². The third-order valence-corrected chi connectivity index (χ3v) is 3.19. The van der Waals surface area contributed by atoms with Crippen LogP contribution < -0.4 is 16.0 Å². The fraction of sp³-hybridized carbons (Fsp3) is 0.462. The summed E-state index contributed by atoms with van der Waals surface area (Å²) in [7, 11) is 3.93. The summed E-state index contributed by atoms with van der Waals surface area (Å²) in [6, 6.07) is 6.55. The van der Waals surface area contributed by atoms with Gasteiger partial charge in [0, 0.05) is 11.7 Å². The first kappa shape index (κ1) is 12.1. The van der Waals surface area contributed by atoms with E-state index in [1.807, 2.05) is 20.2 Å². The molecule has 0 aliphatic carbocycles. The highest BCUT2D eigenvalue weighted by atomic mass is 16.1. The van der Waals surface area contributed by atoms with E-state index in [-0.39, 0.29) is 5.91 Å². The molecule has 3 N–H and O–H groups in total. The van der Waals surface area contributed by atoms with Crippen molar-refractivity contribution in [2.75, 3.05) is 26.0 Å². The molecule has 1 amide bonds. The number of amides is 1. The fourth-order valence-corrected chi connectivity index (χ4v) is 2.23. The number of hydrogen-bond acceptors (Lipinski definition) is 3. The Bertz CT molecular complexity index is 417. The molecule has 0 spiro atoms. The maximum atomic E-state index is 11.3. The first-order chi connectivity index (χ1) is 8.24. The van der Waals surface area contributed by atoms with Gasteiger partial charge in [0.2, 0.25) is 5.91 Å². The van der Waals surface area contributed by atoms with Gasteiger partial charge in [-0.1, -0.05) is 12.1 Å². The first-order valence-corrected chi connectivity index (χ1v) is 5.99. The number of benzene rings is 1. The van der Waals surface area contributed by atoms with Gasteiger partial charge in [0.1, 0.15) is 0 Å². The third-order valence-electron chi connectivity index (χ3n) is 3.19. The van der Waals surface area contributed by atoms with Gasteiger partial charge in [-0.25, -0.2) is 0 Å². The van der Waals surface area contributed by atoms with E-state index < -0.39 is 0 Å². The summed E-state index contributed by atoms with van der Waals surface area (Å²) >= 11 is 0. The summed E-state index contributed by atoms with van der Waals surface area (Å²) in [5.74, 6) is 0.0911. The van der Waals surface area contributed by atoms with Crippen molar-refractivity contribution in [3.05, 3.63) is 29.3 Å². The Hall–Kier alpha value is -1.39. The Kier molecular flexibility index (Phi) is 3.76. The number of carbonyl (C=O) groups is 1. The van der Waals surface area contributed by atoms with Crippen molar-refractivity contribution in [1.82, 2.24) is 10.6 Å². The van der Waals surface area contributed by atoms with Crippen molar-refractivity contribution < 1.29 is 4.79 Å². The molecule has 0 bridgehead atoms. The van der Waals surface area contributed by atoms with E-state index in [0.29, 0.717) is 12.5 Å². The van der Waals surface area contributed by atoms with Crippen LogP contribution in [-0.2, 0) is 11.2 Å². The van der Waals surface area contributed by atoms with Crippen LogP contribution in [-0.4, -0.2) is 26.5 Å². The van der Waals surface area contributed by atoms with Crippen LogP contribution in [0, 0.1) is 0 Å². The average molecular weight is 233 g/mol. The SMILES string of the molecule is CNCCC(NC)c1ccc2c(c1)CC(=O)N2. The first-order valence-electron chi connectivity index (χ1n) is 5.99. The Morgan fingerprint density at radius 1 is 1.41 bits per heavy atom. The van der Waals surface area contributed by atoms with E-state index in [4.69, 9.17) is 0 Å². The van der Waals surface area contributed by atoms with Crippen molar-refractivity contribution in [3.8, 4) is 0 Å². The number of nitrogens with one attached hydrogen (secondary N) is 3. The van der Waals surface area contributed by atoms with Crippen molar-refractivity contribution in [2.45, 2.75) is 18.9 Å². The lowest BCUT2D eigenvalue weighted by molar-refractivity contribution is -0.115. The fourth-order valence-electron chi connectivity index (χ4n) is 2.23. The minimum Gasteiger partial charge on any atom is -0.326 e. The molecular weight excluding hydrogens is 214 g/mol. The number of rotatable bonds is 5. The van der Waals surface area contributed by atoms with Crippen LogP contribution in [0.3, 0.4) is 0 Å². The number of carbonyl (C=O) groups excluding carboxylic acids is 1. The standard InChI is InChI=1S/C13H19N3O/c1-14-6-5-11(15-2)9-3-4-12-10(7-9)8-13(17)16-12/h3-4,7,11,14-15H,5-6,8H2,1-2H3,(H,16,17). The van der Waals surface area contributed by atoms with Crippen molar-refractivity contribution in [1.29, 1.82) is 0 Å². The quantitative estimate of drug-likeness (QED) is 0.712. The van der Waals surface area contributed by atoms with E-state index in [1.54, 1.807) is 0 Å². The predicted molar refractivity (Wildman–Crippen MR) is 69.1 cm³/mol. The molecule has 4 heteroatoms. The smallest absolute Gasteiger partial charge is 0.228 e. The van der Waals surface area contributed by atoms with Gasteiger partial charge in [0.05, 0.1) is 6.42 Å². The molecule has 1 unspecified atom stereocenters. The molecule has 1 atom stereocenters. The summed E-state index contributed by atoms with van der Waals surface area (Å²) in [6.45, 7) is 0.972. The number of fused-ring (bicyclic) bond motifs is 1. The third kappa shape index (κ3) is 2.65. The minimum atomic E-state index is 0.0911. The molecular formula is C13H19N3O. The van der Waals surface area contributed by atoms with E-state index in [9.17, 15) is 4.79 Å². The molecule has 1 aliphatic heterocycles. The summed E-state index contributed by atoms with van der Waals surface area (Å²) in [5.41, 5.74) is 3.32. The summed E-state index contributed by atoms with van der Waals surface area (Å²) in [6.07, 6.45) is 1.54. The topological polar surface area (TPSA) is 53.2 Å². The summed E-state index contributed by atoms with van der Waals surface area (Å²) in [5, 5.41) is 9.32. The zero-order chi connectivity index (χ0) is 12.3. The van der Waals surface area contributed by atoms with Gasteiger partial charge in [-0.15, -0.1) is 0 Å². The molecule has 0 saturated carbocycles. The molecule has 92 valence electrons. The highest BCUT2D eigenvalue weighted by molar-refractivity contribution is 5.99. The van der Waals surface area contributed by atoms with Crippen molar-refractivity contribution in [3.63, 3.8) is 0 Å². The number of anilines is 1. The molecule has 0 fully saturated rings. The van der Waals surface area contributed by atoms with Gasteiger partial charge in [-0.3, -0.25) is 4.79 Å². The zero-order valence-electron chi connectivity index (χ0n) is 10.3. The van der Waals surface area contributed by atoms with E-state index in [1.165, 1.54) is 5.56 Å². The molecule has 17 heavy (non-hydrogen) atoms. The monoisotopic (exact) mass is 233 g/mol. The maximum absolute atomic E-state index is 11.3. The van der Waals surface area contributed by atoms with E-state index in [2.05, 4.69) is 28.1 Å². The lowest BCUT2D eigenvalue weighted by Crippen LogP contribution is -2.21. The normalized spacial score (nSPS) is 15.5. The summed E-state index contributed by atoms with van der Waals surface area (Å²) in [4.78, 5) is 11.3. The van der Waals surface area contributed by atoms with Crippen LogP contribution in [0.1, 0.15) is 23.6 Å². The van der Waals surface area contributed by atoms with Gasteiger partial charge in [-0.05, 0) is 44.3 Å². The Morgan fingerprint density at radius 3 is 2.94 bits per heavy atom. The molecule has 2 rings (SSSR count). The maximum Gasteiger partial charge on any atom is 0.228 e. The van der Waals surface area contributed by atoms with Gasteiger partial charge in [-0.2, -0.15) is 0 Å². The van der Waals surface area contributed by atoms with Crippen molar-refractivity contribution in [2.24, 2.45) is 0 Å². The van der Waals surface area contributed by atoms with Crippen LogP contribution in [0.5, 0.6) is 0 Å². The Morgan fingerprint density at radius 2 is 2.24 bits per heavy atom. The Balaban J connectivity index is 2.16. The van der Waals surface area contributed by atoms with Crippen LogP contribution in [0.15, 0.2) is 18.2 Å². The average Bonchev–Trinajstić information content (AvgIpc) is 2.69. The van der Waals surface area contributed by atoms with Crippen LogP contribution in [0.2, 0.25) is 0 Å². The molecule has 0 aromatic heterocycles. The molecule has 1 heterocycles. The van der Waals surface area contributed by atoms with Gasteiger partial charge < -0.3 is 16.0 Å². The molecule has 1 aliphatic rings. The highest BCUT2D eigenvalue weighted by Crippen LogP contribution is 2.27. The zero-order valence-corrected chi connectivity index (χ0v) is 10.3. The van der Waals surface area contributed by atoms with Gasteiger partial charge in [0.25, 0.3) is 0 Å². The molecule has 0 saturated heterocycles.